The fourth-order valence-corrected chi connectivity index (χ4v) is 2.00. The summed E-state index contributed by atoms with van der Waals surface area (Å²) >= 11 is 5.93. The van der Waals surface area contributed by atoms with E-state index in [1.807, 2.05) is 19.9 Å². The van der Waals surface area contributed by atoms with E-state index in [-0.39, 0.29) is 12.0 Å². The molecular weight excluding hydrogens is 226 g/mol. The molecular formula is C12H14ClNO2. The second kappa shape index (κ2) is 4.34. The van der Waals surface area contributed by atoms with Crippen LogP contribution >= 0.6 is 11.6 Å². The third-order valence-electron chi connectivity index (χ3n) is 2.58. The molecule has 1 aromatic rings. The van der Waals surface area contributed by atoms with E-state index >= 15 is 0 Å². The van der Waals surface area contributed by atoms with Gasteiger partial charge < -0.3 is 9.64 Å². The molecule has 0 fully saturated rings. The molecule has 1 atom stereocenters. The van der Waals surface area contributed by atoms with Gasteiger partial charge in [0.1, 0.15) is 11.9 Å². The lowest BCUT2D eigenvalue weighted by atomic mass is 10.2. The van der Waals surface area contributed by atoms with Gasteiger partial charge in [0.05, 0.1) is 12.2 Å². The maximum absolute atomic E-state index is 11.8. The summed E-state index contributed by atoms with van der Waals surface area (Å²) in [6.07, 6.45) is 0.503. The molecule has 4 heteroatoms. The Bertz CT molecular complexity index is 419. The van der Waals surface area contributed by atoms with Crippen LogP contribution in [-0.2, 0) is 4.79 Å². The summed E-state index contributed by atoms with van der Waals surface area (Å²) in [5, 5.41) is 0.616. The van der Waals surface area contributed by atoms with E-state index < -0.39 is 0 Å². The lowest BCUT2D eigenvalue weighted by molar-refractivity contribution is -0.118. The first-order valence-corrected chi connectivity index (χ1v) is 5.76. The minimum Gasteiger partial charge on any atom is -0.487 e. The van der Waals surface area contributed by atoms with Crippen molar-refractivity contribution in [2.75, 3.05) is 11.4 Å². The van der Waals surface area contributed by atoms with E-state index in [0.717, 1.165) is 11.4 Å². The molecule has 16 heavy (non-hydrogen) atoms. The molecule has 0 saturated carbocycles. The molecule has 0 bridgehead atoms. The van der Waals surface area contributed by atoms with Gasteiger partial charge in [-0.05, 0) is 25.1 Å². The second-order valence-electron chi connectivity index (χ2n) is 3.90. The van der Waals surface area contributed by atoms with Crippen LogP contribution in [-0.4, -0.2) is 18.6 Å². The van der Waals surface area contributed by atoms with Crippen LogP contribution < -0.4 is 9.64 Å². The van der Waals surface area contributed by atoms with Crippen LogP contribution in [0.1, 0.15) is 20.3 Å². The number of carbonyl (C=O) groups is 1. The summed E-state index contributed by atoms with van der Waals surface area (Å²) in [5.41, 5.74) is 0.775. The third kappa shape index (κ3) is 2.00. The number of nitrogens with zero attached hydrogens (tertiary/aromatic N) is 1. The highest BCUT2D eigenvalue weighted by molar-refractivity contribution is 6.31. The minimum atomic E-state index is 0.0178. The fraction of sp³-hybridized carbons (Fsp3) is 0.417. The standard InChI is InChI=1S/C12H14ClNO2/c1-3-12(15)14-7-8(2)16-11-5-4-9(13)6-10(11)14/h4-6,8H,3,7H2,1-2H3/t8-/m0/s1. The number of amides is 1. The van der Waals surface area contributed by atoms with Crippen molar-refractivity contribution >= 4 is 23.2 Å². The third-order valence-corrected chi connectivity index (χ3v) is 2.82. The SMILES string of the molecule is CCC(=O)N1C[C@H](C)Oc2ccc(Cl)cc21. The van der Waals surface area contributed by atoms with E-state index in [4.69, 9.17) is 16.3 Å². The van der Waals surface area contributed by atoms with Crippen molar-refractivity contribution in [3.8, 4) is 5.75 Å². The Balaban J connectivity index is 2.43. The number of hydrogen-bond acceptors (Lipinski definition) is 2. The summed E-state index contributed by atoms with van der Waals surface area (Å²) in [6.45, 7) is 4.39. The van der Waals surface area contributed by atoms with Crippen LogP contribution in [0, 0.1) is 0 Å². The highest BCUT2D eigenvalue weighted by Crippen LogP contribution is 2.35. The Hall–Kier alpha value is -1.22. The minimum absolute atomic E-state index is 0.0178. The molecule has 0 radical (unpaired) electrons. The first kappa shape index (κ1) is 11.3. The molecule has 1 aliphatic heterocycles. The van der Waals surface area contributed by atoms with Crippen molar-refractivity contribution < 1.29 is 9.53 Å². The molecule has 1 amide bonds. The van der Waals surface area contributed by atoms with Crippen LogP contribution in [0.5, 0.6) is 5.75 Å². The second-order valence-corrected chi connectivity index (χ2v) is 4.33. The molecule has 1 heterocycles. The van der Waals surface area contributed by atoms with Gasteiger partial charge in [0.25, 0.3) is 0 Å². The lowest BCUT2D eigenvalue weighted by Gasteiger charge is -2.33. The van der Waals surface area contributed by atoms with Gasteiger partial charge in [-0.3, -0.25) is 4.79 Å². The number of halogens is 1. The molecule has 0 unspecified atom stereocenters. The number of ether oxygens (including phenoxy) is 1. The smallest absolute Gasteiger partial charge is 0.226 e. The molecule has 0 aliphatic carbocycles. The molecule has 0 saturated heterocycles. The van der Waals surface area contributed by atoms with Crippen LogP contribution in [0.15, 0.2) is 18.2 Å². The van der Waals surface area contributed by atoms with E-state index in [1.165, 1.54) is 0 Å². The maximum atomic E-state index is 11.8. The van der Waals surface area contributed by atoms with E-state index in [2.05, 4.69) is 0 Å². The summed E-state index contributed by atoms with van der Waals surface area (Å²) in [7, 11) is 0. The fourth-order valence-electron chi connectivity index (χ4n) is 1.84. The molecule has 0 aromatic heterocycles. The van der Waals surface area contributed by atoms with Gasteiger partial charge in [0.2, 0.25) is 5.91 Å². The Kier molecular flexibility index (Phi) is 3.06. The molecule has 1 aromatic carbocycles. The largest absolute Gasteiger partial charge is 0.487 e. The van der Waals surface area contributed by atoms with Gasteiger partial charge in [-0.1, -0.05) is 18.5 Å². The van der Waals surface area contributed by atoms with Gasteiger partial charge in [0.15, 0.2) is 0 Å². The van der Waals surface area contributed by atoms with E-state index in [9.17, 15) is 4.79 Å². The van der Waals surface area contributed by atoms with Gasteiger partial charge >= 0.3 is 0 Å². The Morgan fingerprint density at radius 3 is 3.06 bits per heavy atom. The number of anilines is 1. The predicted octanol–water partition coefficient (Wildman–Crippen LogP) is 2.86. The average molecular weight is 240 g/mol. The van der Waals surface area contributed by atoms with Crippen molar-refractivity contribution in [1.82, 2.24) is 0 Å². The van der Waals surface area contributed by atoms with Crippen molar-refractivity contribution in [3.05, 3.63) is 23.2 Å². The maximum Gasteiger partial charge on any atom is 0.226 e. The van der Waals surface area contributed by atoms with E-state index in [1.54, 1.807) is 17.0 Å². The number of hydrogen-bond donors (Lipinski definition) is 0. The summed E-state index contributed by atoms with van der Waals surface area (Å²) in [6, 6.07) is 5.35. The van der Waals surface area contributed by atoms with Crippen LogP contribution in [0.2, 0.25) is 5.02 Å². The quantitative estimate of drug-likeness (QED) is 0.754. The molecule has 0 N–H and O–H groups in total. The van der Waals surface area contributed by atoms with Gasteiger partial charge in [0, 0.05) is 11.4 Å². The van der Waals surface area contributed by atoms with Gasteiger partial charge in [-0.25, -0.2) is 0 Å². The number of benzene rings is 1. The normalized spacial score (nSPS) is 18.9. The van der Waals surface area contributed by atoms with Crippen molar-refractivity contribution in [2.45, 2.75) is 26.4 Å². The first-order valence-electron chi connectivity index (χ1n) is 5.38. The lowest BCUT2D eigenvalue weighted by Crippen LogP contribution is -2.42. The van der Waals surface area contributed by atoms with Crippen molar-refractivity contribution in [2.24, 2.45) is 0 Å². The van der Waals surface area contributed by atoms with Crippen LogP contribution in [0.3, 0.4) is 0 Å². The zero-order valence-corrected chi connectivity index (χ0v) is 10.1. The Labute approximate surface area is 100.0 Å². The molecule has 0 spiro atoms. The highest BCUT2D eigenvalue weighted by Gasteiger charge is 2.26. The molecule has 3 nitrogen and oxygen atoms in total. The summed E-state index contributed by atoms with van der Waals surface area (Å²) < 4.78 is 5.66. The van der Waals surface area contributed by atoms with Crippen LogP contribution in [0.4, 0.5) is 5.69 Å². The van der Waals surface area contributed by atoms with Gasteiger partial charge in [-0.15, -0.1) is 0 Å². The van der Waals surface area contributed by atoms with Crippen molar-refractivity contribution in [3.63, 3.8) is 0 Å². The molecule has 86 valence electrons. The topological polar surface area (TPSA) is 29.5 Å². The van der Waals surface area contributed by atoms with E-state index in [0.29, 0.717) is 18.0 Å². The average Bonchev–Trinajstić information content (AvgIpc) is 2.27. The van der Waals surface area contributed by atoms with Crippen LogP contribution in [0.25, 0.3) is 0 Å². The monoisotopic (exact) mass is 239 g/mol. The zero-order chi connectivity index (χ0) is 11.7. The van der Waals surface area contributed by atoms with Gasteiger partial charge in [-0.2, -0.15) is 0 Å². The molecule has 2 rings (SSSR count). The number of fused-ring (bicyclic) bond motifs is 1. The summed E-state index contributed by atoms with van der Waals surface area (Å²) in [5.74, 6) is 0.823. The Morgan fingerprint density at radius 1 is 1.62 bits per heavy atom. The molecule has 1 aliphatic rings. The summed E-state index contributed by atoms with van der Waals surface area (Å²) in [4.78, 5) is 13.6. The van der Waals surface area contributed by atoms with Crippen molar-refractivity contribution in [1.29, 1.82) is 0 Å². The number of carbonyl (C=O) groups excluding carboxylic acids is 1. The first-order chi connectivity index (χ1) is 7.61. The Morgan fingerprint density at radius 2 is 2.38 bits per heavy atom. The zero-order valence-electron chi connectivity index (χ0n) is 9.37. The highest BCUT2D eigenvalue weighted by atomic mass is 35.5. The predicted molar refractivity (Wildman–Crippen MR) is 64.2 cm³/mol. The number of rotatable bonds is 1.